The van der Waals surface area contributed by atoms with Crippen molar-refractivity contribution in [2.24, 2.45) is 5.92 Å². The van der Waals surface area contributed by atoms with E-state index in [-0.39, 0.29) is 0 Å². The molecule has 0 heterocycles. The van der Waals surface area contributed by atoms with E-state index in [1.54, 1.807) is 0 Å². The highest BCUT2D eigenvalue weighted by molar-refractivity contribution is 6.10. The Hall–Kier alpha value is -6.76. The average molecular weight is 703 g/mol. The molecule has 0 fully saturated rings. The van der Waals surface area contributed by atoms with Crippen molar-refractivity contribution >= 4 is 40.1 Å². The van der Waals surface area contributed by atoms with E-state index < -0.39 is 0 Å². The summed E-state index contributed by atoms with van der Waals surface area (Å²) in [5.74, 6) is 0.462. The Morgan fingerprint density at radius 2 is 0.782 bits per heavy atom. The van der Waals surface area contributed by atoms with Crippen LogP contribution >= 0.6 is 0 Å². The molecule has 9 rings (SSSR count). The van der Waals surface area contributed by atoms with Gasteiger partial charge in [-0.25, -0.2) is 0 Å². The first kappa shape index (κ1) is 34.0. The second-order valence-corrected chi connectivity index (χ2v) is 14.6. The minimum atomic E-state index is 0.462. The third-order valence-electron chi connectivity index (χ3n) is 10.8. The third kappa shape index (κ3) is 7.03. The molecule has 0 aliphatic heterocycles. The molecule has 0 saturated heterocycles. The first-order valence-corrected chi connectivity index (χ1v) is 19.3. The summed E-state index contributed by atoms with van der Waals surface area (Å²) in [6, 6.07) is 70.1. The summed E-state index contributed by atoms with van der Waals surface area (Å²) in [7, 11) is 0. The Morgan fingerprint density at radius 1 is 0.418 bits per heavy atom. The van der Waals surface area contributed by atoms with Crippen LogP contribution in [0.5, 0.6) is 0 Å². The fourth-order valence-corrected chi connectivity index (χ4v) is 8.16. The largest absolute Gasteiger partial charge is 0.0807 e. The molecule has 1 aliphatic carbocycles. The van der Waals surface area contributed by atoms with Crippen LogP contribution in [0.4, 0.5) is 0 Å². The van der Waals surface area contributed by atoms with Crippen LogP contribution in [0, 0.1) is 5.92 Å². The first-order chi connectivity index (χ1) is 27.2. The molecule has 1 unspecified atom stereocenters. The lowest BCUT2D eigenvalue weighted by molar-refractivity contribution is 0.719. The fourth-order valence-electron chi connectivity index (χ4n) is 8.16. The lowest BCUT2D eigenvalue weighted by Gasteiger charge is -2.26. The molecule has 0 nitrogen and oxygen atoms in total. The van der Waals surface area contributed by atoms with Gasteiger partial charge in [-0.15, -0.1) is 0 Å². The third-order valence-corrected chi connectivity index (χ3v) is 10.8. The van der Waals surface area contributed by atoms with Crippen LogP contribution in [-0.2, 0) is 6.42 Å². The molecule has 0 N–H and O–H groups in total. The quantitative estimate of drug-likeness (QED) is 0.138. The van der Waals surface area contributed by atoms with Gasteiger partial charge in [-0.1, -0.05) is 213 Å². The van der Waals surface area contributed by atoms with Crippen molar-refractivity contribution in [1.82, 2.24) is 0 Å². The Labute approximate surface area is 325 Å². The summed E-state index contributed by atoms with van der Waals surface area (Å²) in [5.41, 5.74) is 17.6. The monoisotopic (exact) mass is 702 g/mol. The smallest absolute Gasteiger partial charge is 0.00297 e. The predicted molar refractivity (Wildman–Crippen MR) is 236 cm³/mol. The zero-order chi connectivity index (χ0) is 37.0. The highest BCUT2D eigenvalue weighted by atomic mass is 14.3. The molecule has 0 spiro atoms. The van der Waals surface area contributed by atoms with Gasteiger partial charge < -0.3 is 0 Å². The van der Waals surface area contributed by atoms with E-state index in [0.717, 1.165) is 6.42 Å². The number of benzene rings is 8. The second kappa shape index (κ2) is 15.3. The van der Waals surface area contributed by atoms with Gasteiger partial charge in [0.05, 0.1) is 0 Å². The van der Waals surface area contributed by atoms with E-state index in [0.29, 0.717) is 5.92 Å². The van der Waals surface area contributed by atoms with Crippen molar-refractivity contribution in [3.63, 3.8) is 0 Å². The predicted octanol–water partition coefficient (Wildman–Crippen LogP) is 14.6. The number of fused-ring (bicyclic) bond motifs is 2. The molecule has 8 aromatic rings. The molecule has 1 aliphatic rings. The summed E-state index contributed by atoms with van der Waals surface area (Å²) in [6.07, 6.45) is 10.4. The maximum absolute atomic E-state index is 2.38. The molecule has 8 aromatic carbocycles. The van der Waals surface area contributed by atoms with Gasteiger partial charge in [-0.3, -0.25) is 0 Å². The molecule has 0 bridgehead atoms. The normalized spacial score (nSPS) is 13.2. The summed E-state index contributed by atoms with van der Waals surface area (Å²) < 4.78 is 0. The molecule has 0 saturated carbocycles. The molecule has 0 aromatic heterocycles. The van der Waals surface area contributed by atoms with Gasteiger partial charge in [-0.05, 0) is 113 Å². The van der Waals surface area contributed by atoms with Crippen LogP contribution in [0.15, 0.2) is 200 Å². The molecule has 0 amide bonds. The standard InChI is InChI=1S/C55H42/c1-39-26-35-50-53(36-39)55(47-33-29-41(30-34-47)38-52(44-20-10-4-11-21-44)45-22-12-5-13-23-45)49-25-15-14-24-48(49)54(50)46-31-27-40(28-32-46)37-51(42-16-6-2-7-17-42)43-18-8-3-9-19-43/h2-35,37-39H,36H2,1H3. The van der Waals surface area contributed by atoms with Crippen LogP contribution in [-0.4, -0.2) is 0 Å². The Balaban J connectivity index is 1.14. The molecule has 55 heavy (non-hydrogen) atoms. The van der Waals surface area contributed by atoms with Gasteiger partial charge >= 0.3 is 0 Å². The number of hydrogen-bond donors (Lipinski definition) is 0. The molecular weight excluding hydrogens is 661 g/mol. The summed E-state index contributed by atoms with van der Waals surface area (Å²) >= 11 is 0. The molecule has 0 heteroatoms. The number of allylic oxidation sites excluding steroid dienone is 1. The van der Waals surface area contributed by atoms with Crippen LogP contribution in [0.25, 0.3) is 62.4 Å². The number of rotatable bonds is 8. The summed E-state index contributed by atoms with van der Waals surface area (Å²) in [4.78, 5) is 0. The highest BCUT2D eigenvalue weighted by Gasteiger charge is 2.23. The zero-order valence-electron chi connectivity index (χ0n) is 31.1. The summed E-state index contributed by atoms with van der Waals surface area (Å²) in [6.45, 7) is 2.33. The van der Waals surface area contributed by atoms with Crippen molar-refractivity contribution < 1.29 is 0 Å². The SMILES string of the molecule is CC1C=Cc2c(c(-c3ccc(C=C(c4ccccc4)c4ccccc4)cc3)c3ccccc3c2-c2ccc(C=C(c3ccccc3)c3ccccc3)cc2)C1. The fraction of sp³-hybridized carbons (Fsp3) is 0.0545. The maximum atomic E-state index is 2.38. The average Bonchev–Trinajstić information content (AvgIpc) is 3.25. The summed E-state index contributed by atoms with van der Waals surface area (Å²) in [5, 5.41) is 2.59. The van der Waals surface area contributed by atoms with E-state index in [9.17, 15) is 0 Å². The van der Waals surface area contributed by atoms with E-state index in [4.69, 9.17) is 0 Å². The van der Waals surface area contributed by atoms with Crippen molar-refractivity contribution in [2.45, 2.75) is 13.3 Å². The van der Waals surface area contributed by atoms with Gasteiger partial charge in [0.2, 0.25) is 0 Å². The van der Waals surface area contributed by atoms with E-state index in [1.807, 2.05) is 0 Å². The van der Waals surface area contributed by atoms with E-state index in [1.165, 1.54) is 88.7 Å². The van der Waals surface area contributed by atoms with Gasteiger partial charge in [-0.2, -0.15) is 0 Å². The molecular formula is C55H42. The minimum Gasteiger partial charge on any atom is -0.0807 e. The number of hydrogen-bond acceptors (Lipinski definition) is 0. The van der Waals surface area contributed by atoms with Crippen molar-refractivity contribution in [2.75, 3.05) is 0 Å². The van der Waals surface area contributed by atoms with Crippen LogP contribution < -0.4 is 0 Å². The Kier molecular flexibility index (Phi) is 9.47. The van der Waals surface area contributed by atoms with Crippen molar-refractivity contribution in [1.29, 1.82) is 0 Å². The second-order valence-electron chi connectivity index (χ2n) is 14.6. The van der Waals surface area contributed by atoms with Gasteiger partial charge in [0.25, 0.3) is 0 Å². The van der Waals surface area contributed by atoms with E-state index in [2.05, 4.69) is 225 Å². The van der Waals surface area contributed by atoms with Crippen molar-refractivity contribution in [3.05, 3.63) is 245 Å². The van der Waals surface area contributed by atoms with E-state index >= 15 is 0 Å². The minimum absolute atomic E-state index is 0.462. The first-order valence-electron chi connectivity index (χ1n) is 19.3. The molecule has 1 atom stereocenters. The Morgan fingerprint density at radius 3 is 1.20 bits per heavy atom. The Bertz CT molecular complexity index is 2580. The van der Waals surface area contributed by atoms with Crippen LogP contribution in [0.2, 0.25) is 0 Å². The maximum Gasteiger partial charge on any atom is -0.00297 e. The van der Waals surface area contributed by atoms with Gasteiger partial charge in [0, 0.05) is 0 Å². The van der Waals surface area contributed by atoms with Gasteiger partial charge in [0.15, 0.2) is 0 Å². The topological polar surface area (TPSA) is 0 Å². The molecule has 262 valence electrons. The van der Waals surface area contributed by atoms with Crippen LogP contribution in [0.3, 0.4) is 0 Å². The lowest BCUT2D eigenvalue weighted by Crippen LogP contribution is -2.08. The van der Waals surface area contributed by atoms with Crippen molar-refractivity contribution in [3.8, 4) is 22.3 Å². The zero-order valence-corrected chi connectivity index (χ0v) is 31.1. The highest BCUT2D eigenvalue weighted by Crippen LogP contribution is 2.45. The molecule has 0 radical (unpaired) electrons. The van der Waals surface area contributed by atoms with Gasteiger partial charge in [0.1, 0.15) is 0 Å². The lowest BCUT2D eigenvalue weighted by atomic mass is 9.78. The van der Waals surface area contributed by atoms with Crippen LogP contribution in [0.1, 0.15) is 51.4 Å².